The van der Waals surface area contributed by atoms with Gasteiger partial charge in [0.1, 0.15) is 0 Å². The van der Waals surface area contributed by atoms with Gasteiger partial charge in [0.2, 0.25) is 0 Å². The lowest BCUT2D eigenvalue weighted by atomic mass is 10.1. The summed E-state index contributed by atoms with van der Waals surface area (Å²) in [6.45, 7) is 14.9. The zero-order chi connectivity index (χ0) is 13.1. The molecule has 0 bridgehead atoms. The van der Waals surface area contributed by atoms with Crippen molar-refractivity contribution < 1.29 is 13.3 Å². The van der Waals surface area contributed by atoms with Crippen LogP contribution in [0.5, 0.6) is 0 Å². The second-order valence-corrected chi connectivity index (χ2v) is 7.72. The van der Waals surface area contributed by atoms with E-state index in [-0.39, 0.29) is 11.6 Å². The summed E-state index contributed by atoms with van der Waals surface area (Å²) in [7, 11) is -2.65. The van der Waals surface area contributed by atoms with Crippen molar-refractivity contribution in [2.75, 3.05) is 19.8 Å². The van der Waals surface area contributed by atoms with Crippen molar-refractivity contribution in [3.8, 4) is 0 Å². The van der Waals surface area contributed by atoms with Crippen molar-refractivity contribution in [2.24, 2.45) is 0 Å². The van der Waals surface area contributed by atoms with E-state index in [0.717, 1.165) is 13.0 Å². The van der Waals surface area contributed by atoms with E-state index in [1.54, 1.807) is 0 Å². The van der Waals surface area contributed by atoms with Crippen LogP contribution >= 0.6 is 0 Å². The Morgan fingerprint density at radius 2 is 1.71 bits per heavy atom. The molecule has 1 fully saturated rings. The molecule has 1 saturated heterocycles. The number of rotatable bonds is 5. The van der Waals surface area contributed by atoms with E-state index in [9.17, 15) is 0 Å². The molecule has 0 aliphatic carbocycles. The van der Waals surface area contributed by atoms with E-state index in [1.807, 2.05) is 13.8 Å². The van der Waals surface area contributed by atoms with Gasteiger partial charge in [-0.2, -0.15) is 0 Å². The lowest BCUT2D eigenvalue weighted by Crippen LogP contribution is -2.62. The van der Waals surface area contributed by atoms with Crippen molar-refractivity contribution >= 4 is 8.97 Å². The Kier molecular flexibility index (Phi) is 5.16. The second kappa shape index (κ2) is 5.80. The Labute approximate surface area is 107 Å². The number of nitrogens with zero attached hydrogens (tertiary/aromatic N) is 1. The van der Waals surface area contributed by atoms with E-state index in [2.05, 4.69) is 32.3 Å². The Morgan fingerprint density at radius 1 is 1.18 bits per heavy atom. The van der Waals surface area contributed by atoms with Crippen LogP contribution in [0.4, 0.5) is 0 Å². The molecule has 102 valence electrons. The van der Waals surface area contributed by atoms with Gasteiger partial charge in [0.25, 0.3) is 0 Å². The lowest BCUT2D eigenvalue weighted by Gasteiger charge is -2.39. The number of hydrogen-bond donors (Lipinski definition) is 0. The maximum Gasteiger partial charge on any atom is 0.600 e. The molecule has 0 aromatic carbocycles. The van der Waals surface area contributed by atoms with Crippen molar-refractivity contribution in [2.45, 2.75) is 59.6 Å². The third kappa shape index (κ3) is 3.29. The maximum atomic E-state index is 6.14. The van der Waals surface area contributed by atoms with Crippen LogP contribution in [0, 0.1) is 0 Å². The molecule has 1 unspecified atom stereocenters. The molecule has 17 heavy (non-hydrogen) atoms. The lowest BCUT2D eigenvalue weighted by molar-refractivity contribution is 0.0289. The van der Waals surface area contributed by atoms with Crippen LogP contribution in [0.2, 0.25) is 0 Å². The molecular formula is C12H27NO3Si. The highest BCUT2D eigenvalue weighted by atomic mass is 28.4. The van der Waals surface area contributed by atoms with Gasteiger partial charge < -0.3 is 13.3 Å². The Bertz CT molecular complexity index is 236. The van der Waals surface area contributed by atoms with Crippen molar-refractivity contribution in [3.05, 3.63) is 0 Å². The smallest absolute Gasteiger partial charge is 0.361 e. The quantitative estimate of drug-likeness (QED) is 0.711. The standard InChI is InChI=1S/C12H27NO3Si/c1-7-11-10-13(12(4,5)6)17(16-11,14-8-2)15-9-3/h11H,7-10H2,1-6H3. The average molecular weight is 261 g/mol. The summed E-state index contributed by atoms with van der Waals surface area (Å²) >= 11 is 0. The molecule has 4 nitrogen and oxygen atoms in total. The zero-order valence-corrected chi connectivity index (χ0v) is 13.1. The van der Waals surface area contributed by atoms with Crippen LogP contribution < -0.4 is 0 Å². The van der Waals surface area contributed by atoms with E-state index < -0.39 is 8.97 Å². The molecular weight excluding hydrogens is 234 g/mol. The average Bonchev–Trinajstić information content (AvgIpc) is 2.58. The minimum Gasteiger partial charge on any atom is -0.361 e. The van der Waals surface area contributed by atoms with Crippen LogP contribution in [0.15, 0.2) is 0 Å². The monoisotopic (exact) mass is 261 g/mol. The Hall–Kier alpha value is 0.0569. The predicted octanol–water partition coefficient (Wildman–Crippen LogP) is 2.40. The highest BCUT2D eigenvalue weighted by Gasteiger charge is 2.59. The third-order valence-corrected chi connectivity index (χ3v) is 6.40. The molecule has 0 spiro atoms. The first-order valence-electron chi connectivity index (χ1n) is 6.63. The summed E-state index contributed by atoms with van der Waals surface area (Å²) in [6.07, 6.45) is 1.24. The first-order valence-corrected chi connectivity index (χ1v) is 8.30. The summed E-state index contributed by atoms with van der Waals surface area (Å²) in [5.74, 6) is 0. The molecule has 0 amide bonds. The molecule has 0 N–H and O–H groups in total. The second-order valence-electron chi connectivity index (χ2n) is 5.32. The van der Waals surface area contributed by atoms with Gasteiger partial charge in [-0.05, 0) is 41.0 Å². The molecule has 0 saturated carbocycles. The fourth-order valence-electron chi connectivity index (χ4n) is 2.15. The largest absolute Gasteiger partial charge is 0.600 e. The maximum absolute atomic E-state index is 6.14. The first-order chi connectivity index (χ1) is 7.89. The zero-order valence-electron chi connectivity index (χ0n) is 12.1. The molecule has 5 heteroatoms. The summed E-state index contributed by atoms with van der Waals surface area (Å²) in [6, 6.07) is 0. The van der Waals surface area contributed by atoms with Gasteiger partial charge in [-0.1, -0.05) is 6.92 Å². The van der Waals surface area contributed by atoms with Crippen molar-refractivity contribution in [1.29, 1.82) is 0 Å². The highest BCUT2D eigenvalue weighted by molar-refractivity contribution is 6.58. The van der Waals surface area contributed by atoms with E-state index in [0.29, 0.717) is 13.2 Å². The Morgan fingerprint density at radius 3 is 2.06 bits per heavy atom. The van der Waals surface area contributed by atoms with E-state index in [1.165, 1.54) is 0 Å². The fraction of sp³-hybridized carbons (Fsp3) is 1.00. The van der Waals surface area contributed by atoms with E-state index in [4.69, 9.17) is 13.3 Å². The van der Waals surface area contributed by atoms with E-state index >= 15 is 0 Å². The SMILES string of the molecule is CCO[Si]1(OCC)OC(CC)CN1C(C)(C)C. The van der Waals surface area contributed by atoms with Gasteiger partial charge in [-0.3, -0.25) is 0 Å². The van der Waals surface area contributed by atoms with Crippen LogP contribution in [0.3, 0.4) is 0 Å². The molecule has 1 aliphatic rings. The highest BCUT2D eigenvalue weighted by Crippen LogP contribution is 2.33. The molecule has 0 radical (unpaired) electrons. The summed E-state index contributed by atoms with van der Waals surface area (Å²) in [4.78, 5) is 0. The topological polar surface area (TPSA) is 30.9 Å². The summed E-state index contributed by atoms with van der Waals surface area (Å²) < 4.78 is 20.3. The van der Waals surface area contributed by atoms with Gasteiger partial charge in [0.05, 0.1) is 6.10 Å². The normalized spacial score (nSPS) is 25.4. The molecule has 1 heterocycles. The van der Waals surface area contributed by atoms with Gasteiger partial charge in [0, 0.05) is 25.3 Å². The molecule has 0 aromatic rings. The Balaban J connectivity index is 2.95. The molecule has 1 rings (SSSR count). The minimum absolute atomic E-state index is 0.0144. The van der Waals surface area contributed by atoms with Gasteiger partial charge in [0.15, 0.2) is 0 Å². The van der Waals surface area contributed by atoms with Gasteiger partial charge in [-0.25, -0.2) is 4.57 Å². The third-order valence-electron chi connectivity index (χ3n) is 2.95. The molecule has 1 atom stereocenters. The van der Waals surface area contributed by atoms with Crippen LogP contribution in [-0.2, 0) is 13.3 Å². The summed E-state index contributed by atoms with van der Waals surface area (Å²) in [5, 5.41) is 0. The van der Waals surface area contributed by atoms with Crippen LogP contribution in [0.25, 0.3) is 0 Å². The predicted molar refractivity (Wildman–Crippen MR) is 70.6 cm³/mol. The molecule has 0 aromatic heterocycles. The van der Waals surface area contributed by atoms with Crippen molar-refractivity contribution in [3.63, 3.8) is 0 Å². The van der Waals surface area contributed by atoms with Gasteiger partial charge in [-0.15, -0.1) is 0 Å². The molecule has 1 aliphatic heterocycles. The van der Waals surface area contributed by atoms with Gasteiger partial charge >= 0.3 is 8.97 Å². The van der Waals surface area contributed by atoms with Crippen LogP contribution in [-0.4, -0.2) is 44.9 Å². The number of hydrogen-bond acceptors (Lipinski definition) is 4. The van der Waals surface area contributed by atoms with Crippen LogP contribution in [0.1, 0.15) is 48.0 Å². The van der Waals surface area contributed by atoms with Crippen molar-refractivity contribution in [1.82, 2.24) is 4.57 Å². The minimum atomic E-state index is -2.65. The fourth-order valence-corrected chi connectivity index (χ4v) is 5.45. The first kappa shape index (κ1) is 15.1. The summed E-state index contributed by atoms with van der Waals surface area (Å²) in [5.41, 5.74) is 0.0144.